The van der Waals surface area contributed by atoms with Crippen LogP contribution in [0.5, 0.6) is 0 Å². The molecule has 1 aliphatic rings. The van der Waals surface area contributed by atoms with Crippen molar-refractivity contribution in [2.24, 2.45) is 7.05 Å². The van der Waals surface area contributed by atoms with Gasteiger partial charge in [0.25, 0.3) is 0 Å². The fraction of sp³-hybridized carbons (Fsp3) is 0.444. The van der Waals surface area contributed by atoms with E-state index in [0.717, 1.165) is 43.8 Å². The first-order chi connectivity index (χ1) is 11.6. The summed E-state index contributed by atoms with van der Waals surface area (Å²) >= 11 is 0. The topological polar surface area (TPSA) is 70.7 Å². The van der Waals surface area contributed by atoms with E-state index < -0.39 is 0 Å². The van der Waals surface area contributed by atoms with Crippen molar-refractivity contribution in [3.8, 4) is 6.07 Å². The van der Waals surface area contributed by atoms with Crippen molar-refractivity contribution in [3.63, 3.8) is 0 Å². The summed E-state index contributed by atoms with van der Waals surface area (Å²) in [6.07, 6.45) is 0. The minimum absolute atomic E-state index is 0.144. The summed E-state index contributed by atoms with van der Waals surface area (Å²) in [5, 5.41) is 20.1. The highest BCUT2D eigenvalue weighted by molar-refractivity contribution is 5.83. The number of hydrogen-bond acceptors (Lipinski definition) is 3. The number of nitrogens with one attached hydrogen (secondary N) is 2. The van der Waals surface area contributed by atoms with Gasteiger partial charge in [0.05, 0.1) is 17.6 Å². The van der Waals surface area contributed by atoms with E-state index in [-0.39, 0.29) is 11.3 Å². The number of nitrogens with zero attached hydrogens (tertiary/aromatic N) is 3. The van der Waals surface area contributed by atoms with Crippen molar-refractivity contribution < 1.29 is 14.9 Å². The molecular formula is C18H25N5O+2. The van der Waals surface area contributed by atoms with Crippen LogP contribution in [-0.2, 0) is 7.05 Å². The number of nitriles is 1. The molecule has 24 heavy (non-hydrogen) atoms. The lowest BCUT2D eigenvalue weighted by molar-refractivity contribution is -1.01. The summed E-state index contributed by atoms with van der Waals surface area (Å²) < 4.78 is 1.87. The Bertz CT molecular complexity index is 793. The Labute approximate surface area is 142 Å². The molecule has 3 N–H and O–H groups in total. The summed E-state index contributed by atoms with van der Waals surface area (Å²) in [4.78, 5) is 7.47. The number of fused-ring (bicyclic) bond motifs is 1. The van der Waals surface area contributed by atoms with Crippen molar-refractivity contribution in [2.75, 3.05) is 39.3 Å². The standard InChI is InChI=1S/C18H23N5O/c1-3-22-8-10-23(11-9-22)13-17(24)14(12-19)18-20-15-6-4-5-7-16(15)21(18)2/h4-7,24H,3,8-11,13H2,1-2H3/p+2/b17-14-. The molecule has 0 unspecified atom stereocenters. The lowest BCUT2D eigenvalue weighted by atomic mass is 10.2. The van der Waals surface area contributed by atoms with Gasteiger partial charge in [0.15, 0.2) is 11.6 Å². The minimum Gasteiger partial charge on any atom is -0.506 e. The monoisotopic (exact) mass is 327 g/mol. The van der Waals surface area contributed by atoms with Gasteiger partial charge in [0.1, 0.15) is 44.4 Å². The van der Waals surface area contributed by atoms with E-state index in [0.29, 0.717) is 12.4 Å². The third-order valence-electron chi connectivity index (χ3n) is 4.99. The molecule has 0 spiro atoms. The van der Waals surface area contributed by atoms with E-state index in [1.165, 1.54) is 4.90 Å². The third kappa shape index (κ3) is 3.14. The highest BCUT2D eigenvalue weighted by Gasteiger charge is 2.25. The summed E-state index contributed by atoms with van der Waals surface area (Å²) in [7, 11) is 1.88. The van der Waals surface area contributed by atoms with Crippen LogP contribution < -0.4 is 9.80 Å². The largest absolute Gasteiger partial charge is 0.506 e. The summed E-state index contributed by atoms with van der Waals surface area (Å²) in [6.45, 7) is 8.13. The lowest BCUT2D eigenvalue weighted by Crippen LogP contribution is -3.28. The average Bonchev–Trinajstić information content (AvgIpc) is 2.93. The Hall–Kier alpha value is -2.36. The van der Waals surface area contributed by atoms with Crippen LogP contribution in [0.25, 0.3) is 16.6 Å². The van der Waals surface area contributed by atoms with Crippen LogP contribution in [0.3, 0.4) is 0 Å². The van der Waals surface area contributed by atoms with Crippen LogP contribution >= 0.6 is 0 Å². The fourth-order valence-electron chi connectivity index (χ4n) is 3.43. The average molecular weight is 327 g/mol. The second kappa shape index (κ2) is 7.04. The number of piperazine rings is 1. The lowest BCUT2D eigenvalue weighted by Gasteiger charge is -2.28. The van der Waals surface area contributed by atoms with Gasteiger partial charge >= 0.3 is 0 Å². The van der Waals surface area contributed by atoms with Gasteiger partial charge in [-0.1, -0.05) is 12.1 Å². The predicted octanol–water partition coefficient (Wildman–Crippen LogP) is -0.831. The summed E-state index contributed by atoms with van der Waals surface area (Å²) in [5.41, 5.74) is 2.08. The molecule has 3 rings (SSSR count). The highest BCUT2D eigenvalue weighted by atomic mass is 16.3. The number of likely N-dealkylation sites (N-methyl/N-ethyl adjacent to an activating group) is 1. The van der Waals surface area contributed by atoms with E-state index in [1.54, 1.807) is 4.90 Å². The Morgan fingerprint density at radius 3 is 2.54 bits per heavy atom. The minimum atomic E-state index is 0.144. The molecule has 0 amide bonds. The number of aromatic nitrogens is 2. The molecule has 0 saturated carbocycles. The number of aryl methyl sites for hydroxylation is 1. The van der Waals surface area contributed by atoms with Crippen molar-refractivity contribution in [1.29, 1.82) is 5.26 Å². The normalized spacial score (nSPS) is 22.2. The van der Waals surface area contributed by atoms with Crippen molar-refractivity contribution in [3.05, 3.63) is 35.8 Å². The van der Waals surface area contributed by atoms with E-state index in [1.807, 2.05) is 35.9 Å². The van der Waals surface area contributed by atoms with Gasteiger partial charge in [0, 0.05) is 7.05 Å². The fourth-order valence-corrected chi connectivity index (χ4v) is 3.43. The Morgan fingerprint density at radius 2 is 1.92 bits per heavy atom. The smallest absolute Gasteiger partial charge is 0.169 e. The molecule has 1 aliphatic heterocycles. The van der Waals surface area contributed by atoms with Gasteiger partial charge in [-0.3, -0.25) is 0 Å². The van der Waals surface area contributed by atoms with Crippen LogP contribution in [0, 0.1) is 11.3 Å². The molecule has 1 aromatic carbocycles. The molecule has 6 nitrogen and oxygen atoms in total. The van der Waals surface area contributed by atoms with Crippen LogP contribution in [0.4, 0.5) is 0 Å². The highest BCUT2D eigenvalue weighted by Crippen LogP contribution is 2.21. The van der Waals surface area contributed by atoms with E-state index in [2.05, 4.69) is 18.0 Å². The zero-order valence-electron chi connectivity index (χ0n) is 14.3. The van der Waals surface area contributed by atoms with Crippen molar-refractivity contribution in [2.45, 2.75) is 6.92 Å². The van der Waals surface area contributed by atoms with Crippen molar-refractivity contribution in [1.82, 2.24) is 9.55 Å². The Kier molecular flexibility index (Phi) is 4.84. The van der Waals surface area contributed by atoms with Crippen LogP contribution in [0.2, 0.25) is 0 Å². The number of aliphatic hydroxyl groups is 1. The SMILES string of the molecule is CC[NH+]1CC[NH+](C/C(O)=C(\C#N)c2nc3ccccc3n2C)CC1. The number of quaternary nitrogens is 2. The number of rotatable bonds is 4. The Morgan fingerprint density at radius 1 is 1.25 bits per heavy atom. The predicted molar refractivity (Wildman–Crippen MR) is 92.7 cm³/mol. The molecule has 2 heterocycles. The Balaban J connectivity index is 1.85. The van der Waals surface area contributed by atoms with Crippen LogP contribution in [0.15, 0.2) is 30.0 Å². The third-order valence-corrected chi connectivity index (χ3v) is 4.99. The summed E-state index contributed by atoms with van der Waals surface area (Å²) in [5.74, 6) is 0.680. The van der Waals surface area contributed by atoms with Gasteiger partial charge in [-0.25, -0.2) is 4.98 Å². The molecular weight excluding hydrogens is 302 g/mol. The number of benzene rings is 1. The molecule has 0 atom stereocenters. The van der Waals surface area contributed by atoms with Gasteiger partial charge < -0.3 is 19.5 Å². The van der Waals surface area contributed by atoms with E-state index in [4.69, 9.17) is 0 Å². The number of hydrogen-bond donors (Lipinski definition) is 3. The maximum absolute atomic E-state index is 10.6. The molecule has 1 saturated heterocycles. The van der Waals surface area contributed by atoms with Gasteiger partial charge in [0.2, 0.25) is 0 Å². The van der Waals surface area contributed by atoms with Crippen LogP contribution in [-0.4, -0.2) is 53.9 Å². The number of allylic oxidation sites excluding steroid dienone is 1. The zero-order chi connectivity index (χ0) is 17.1. The van der Waals surface area contributed by atoms with E-state index in [9.17, 15) is 10.4 Å². The molecule has 0 bridgehead atoms. The summed E-state index contributed by atoms with van der Waals surface area (Å²) in [6, 6.07) is 9.92. The number of para-hydroxylation sites is 2. The zero-order valence-corrected chi connectivity index (χ0v) is 14.3. The molecule has 126 valence electrons. The quantitative estimate of drug-likeness (QED) is 0.507. The molecule has 1 fully saturated rings. The molecule has 2 aromatic rings. The van der Waals surface area contributed by atoms with E-state index >= 15 is 0 Å². The molecule has 1 aromatic heterocycles. The van der Waals surface area contributed by atoms with Gasteiger partial charge in [-0.05, 0) is 19.1 Å². The first kappa shape index (κ1) is 16.5. The van der Waals surface area contributed by atoms with Gasteiger partial charge in [-0.15, -0.1) is 0 Å². The second-order valence-electron chi connectivity index (χ2n) is 6.45. The maximum Gasteiger partial charge on any atom is 0.169 e. The second-order valence-corrected chi connectivity index (χ2v) is 6.45. The molecule has 6 heteroatoms. The van der Waals surface area contributed by atoms with Crippen LogP contribution in [0.1, 0.15) is 12.7 Å². The van der Waals surface area contributed by atoms with Gasteiger partial charge in [-0.2, -0.15) is 5.26 Å². The maximum atomic E-state index is 10.6. The number of imidazole rings is 1. The number of aliphatic hydroxyl groups excluding tert-OH is 1. The van der Waals surface area contributed by atoms with Crippen molar-refractivity contribution >= 4 is 16.6 Å². The molecule has 0 radical (unpaired) electrons. The first-order valence-electron chi connectivity index (χ1n) is 8.55. The first-order valence-corrected chi connectivity index (χ1v) is 8.55. The molecule has 0 aliphatic carbocycles.